The Labute approximate surface area is 156 Å². The second-order valence-corrected chi connectivity index (χ2v) is 7.19. The lowest BCUT2D eigenvalue weighted by Crippen LogP contribution is -2.50. The smallest absolute Gasteiger partial charge is 0.242 e. The second kappa shape index (κ2) is 10.9. The van der Waals surface area contributed by atoms with E-state index in [1.807, 2.05) is 44.2 Å². The minimum Gasteiger partial charge on any atom is -0.354 e. The SMILES string of the molecule is CC(C)C(NC(=O)Cc1ccccc1)C(=O)NCCCN1CCNCC1. The van der Waals surface area contributed by atoms with Gasteiger partial charge < -0.3 is 20.9 Å². The average Bonchev–Trinajstić information content (AvgIpc) is 2.64. The summed E-state index contributed by atoms with van der Waals surface area (Å²) < 4.78 is 0. The number of nitrogens with zero attached hydrogens (tertiary/aromatic N) is 1. The van der Waals surface area contributed by atoms with Gasteiger partial charge in [-0.25, -0.2) is 0 Å². The van der Waals surface area contributed by atoms with Crippen LogP contribution in [0, 0.1) is 5.92 Å². The third-order valence-electron chi connectivity index (χ3n) is 4.63. The summed E-state index contributed by atoms with van der Waals surface area (Å²) >= 11 is 0. The Morgan fingerprint density at radius 1 is 1.15 bits per heavy atom. The van der Waals surface area contributed by atoms with E-state index in [1.165, 1.54) is 0 Å². The molecule has 1 fully saturated rings. The average molecular weight is 361 g/mol. The Kier molecular flexibility index (Phi) is 8.58. The van der Waals surface area contributed by atoms with E-state index in [4.69, 9.17) is 0 Å². The number of hydrogen-bond donors (Lipinski definition) is 3. The van der Waals surface area contributed by atoms with Crippen LogP contribution in [0.3, 0.4) is 0 Å². The van der Waals surface area contributed by atoms with Crippen molar-refractivity contribution >= 4 is 11.8 Å². The molecule has 1 aliphatic rings. The van der Waals surface area contributed by atoms with Gasteiger partial charge in [-0.2, -0.15) is 0 Å². The van der Waals surface area contributed by atoms with Gasteiger partial charge in [0, 0.05) is 32.7 Å². The molecule has 0 aliphatic carbocycles. The molecule has 2 amide bonds. The first-order chi connectivity index (χ1) is 12.6. The van der Waals surface area contributed by atoms with E-state index in [2.05, 4.69) is 20.9 Å². The van der Waals surface area contributed by atoms with E-state index in [0.717, 1.165) is 44.7 Å². The van der Waals surface area contributed by atoms with Crippen LogP contribution in [-0.4, -0.2) is 62.0 Å². The summed E-state index contributed by atoms with van der Waals surface area (Å²) in [6.07, 6.45) is 1.22. The maximum Gasteiger partial charge on any atom is 0.242 e. The Morgan fingerprint density at radius 3 is 2.50 bits per heavy atom. The fraction of sp³-hybridized carbons (Fsp3) is 0.600. The molecule has 1 heterocycles. The van der Waals surface area contributed by atoms with Crippen LogP contribution in [0.1, 0.15) is 25.8 Å². The molecular formula is C20H32N4O2. The van der Waals surface area contributed by atoms with Gasteiger partial charge in [0.1, 0.15) is 6.04 Å². The Bertz CT molecular complexity index is 556. The van der Waals surface area contributed by atoms with Gasteiger partial charge in [0.05, 0.1) is 6.42 Å². The van der Waals surface area contributed by atoms with Crippen LogP contribution < -0.4 is 16.0 Å². The number of nitrogens with one attached hydrogen (secondary N) is 3. The normalized spacial score (nSPS) is 16.3. The van der Waals surface area contributed by atoms with Crippen LogP contribution in [0.4, 0.5) is 0 Å². The highest BCUT2D eigenvalue weighted by molar-refractivity contribution is 5.88. The summed E-state index contributed by atoms with van der Waals surface area (Å²) in [4.78, 5) is 27.1. The van der Waals surface area contributed by atoms with Gasteiger partial charge in [0.25, 0.3) is 0 Å². The third-order valence-corrected chi connectivity index (χ3v) is 4.63. The van der Waals surface area contributed by atoms with Crippen molar-refractivity contribution in [3.63, 3.8) is 0 Å². The molecule has 1 aromatic rings. The molecule has 6 nitrogen and oxygen atoms in total. The minimum atomic E-state index is -0.495. The largest absolute Gasteiger partial charge is 0.354 e. The maximum atomic E-state index is 12.5. The van der Waals surface area contributed by atoms with Crippen LogP contribution in [0.15, 0.2) is 30.3 Å². The van der Waals surface area contributed by atoms with Gasteiger partial charge in [0.15, 0.2) is 0 Å². The van der Waals surface area contributed by atoms with Crippen molar-refractivity contribution < 1.29 is 9.59 Å². The molecule has 0 bridgehead atoms. The van der Waals surface area contributed by atoms with E-state index in [1.54, 1.807) is 0 Å². The summed E-state index contributed by atoms with van der Waals surface area (Å²) in [6.45, 7) is 9.75. The van der Waals surface area contributed by atoms with E-state index >= 15 is 0 Å². The lowest BCUT2D eigenvalue weighted by molar-refractivity contribution is -0.129. The molecule has 6 heteroatoms. The van der Waals surface area contributed by atoms with Crippen LogP contribution >= 0.6 is 0 Å². The van der Waals surface area contributed by atoms with Crippen molar-refractivity contribution in [1.82, 2.24) is 20.9 Å². The van der Waals surface area contributed by atoms with Crippen molar-refractivity contribution in [2.45, 2.75) is 32.7 Å². The lowest BCUT2D eigenvalue weighted by Gasteiger charge is -2.27. The highest BCUT2D eigenvalue weighted by Crippen LogP contribution is 2.05. The zero-order valence-electron chi connectivity index (χ0n) is 16.0. The third kappa shape index (κ3) is 7.14. The van der Waals surface area contributed by atoms with Crippen LogP contribution in [0.25, 0.3) is 0 Å². The molecule has 3 N–H and O–H groups in total. The van der Waals surface area contributed by atoms with Gasteiger partial charge >= 0.3 is 0 Å². The molecule has 0 spiro atoms. The van der Waals surface area contributed by atoms with Gasteiger partial charge in [-0.05, 0) is 24.4 Å². The molecule has 0 radical (unpaired) electrons. The van der Waals surface area contributed by atoms with Crippen molar-refractivity contribution in [3.05, 3.63) is 35.9 Å². The zero-order valence-corrected chi connectivity index (χ0v) is 16.0. The number of carbonyl (C=O) groups is 2. The van der Waals surface area contributed by atoms with Crippen molar-refractivity contribution in [1.29, 1.82) is 0 Å². The number of rotatable bonds is 9. The Morgan fingerprint density at radius 2 is 1.85 bits per heavy atom. The molecule has 1 saturated heterocycles. The van der Waals surface area contributed by atoms with Gasteiger partial charge in [-0.1, -0.05) is 44.2 Å². The molecule has 2 rings (SSSR count). The predicted molar refractivity (Wildman–Crippen MR) is 104 cm³/mol. The number of carbonyl (C=O) groups excluding carboxylic acids is 2. The van der Waals surface area contributed by atoms with Crippen LogP contribution in [0.2, 0.25) is 0 Å². The topological polar surface area (TPSA) is 73.5 Å². The molecule has 1 aromatic carbocycles. The molecule has 1 atom stereocenters. The lowest BCUT2D eigenvalue weighted by atomic mass is 10.0. The summed E-state index contributed by atoms with van der Waals surface area (Å²) in [7, 11) is 0. The number of benzene rings is 1. The quantitative estimate of drug-likeness (QED) is 0.569. The monoisotopic (exact) mass is 360 g/mol. The molecule has 1 unspecified atom stereocenters. The summed E-state index contributed by atoms with van der Waals surface area (Å²) in [5.74, 6) is -0.171. The molecule has 26 heavy (non-hydrogen) atoms. The van der Waals surface area contributed by atoms with Crippen molar-refractivity contribution in [2.24, 2.45) is 5.92 Å². The van der Waals surface area contributed by atoms with E-state index in [9.17, 15) is 9.59 Å². The number of piperazine rings is 1. The first kappa shape index (κ1) is 20.4. The Balaban J connectivity index is 1.72. The second-order valence-electron chi connectivity index (χ2n) is 7.19. The highest BCUT2D eigenvalue weighted by atomic mass is 16.2. The van der Waals surface area contributed by atoms with E-state index < -0.39 is 6.04 Å². The number of hydrogen-bond acceptors (Lipinski definition) is 4. The van der Waals surface area contributed by atoms with E-state index in [0.29, 0.717) is 13.0 Å². The summed E-state index contributed by atoms with van der Waals surface area (Å²) in [5, 5.41) is 9.20. The molecule has 144 valence electrons. The van der Waals surface area contributed by atoms with Crippen LogP contribution in [0.5, 0.6) is 0 Å². The standard InChI is InChI=1S/C20H32N4O2/c1-16(2)19(23-18(25)15-17-7-4-3-5-8-17)20(26)22-9-6-12-24-13-10-21-11-14-24/h3-5,7-8,16,19,21H,6,9-15H2,1-2H3,(H,22,26)(H,23,25). The Hall–Kier alpha value is -1.92. The minimum absolute atomic E-state index is 0.0443. The van der Waals surface area contributed by atoms with Gasteiger partial charge in [0.2, 0.25) is 11.8 Å². The van der Waals surface area contributed by atoms with Crippen molar-refractivity contribution in [3.8, 4) is 0 Å². The molecule has 0 saturated carbocycles. The molecule has 1 aliphatic heterocycles. The maximum absolute atomic E-state index is 12.5. The highest BCUT2D eigenvalue weighted by Gasteiger charge is 2.23. The molecular weight excluding hydrogens is 328 g/mol. The van der Waals surface area contributed by atoms with Gasteiger partial charge in [-0.3, -0.25) is 9.59 Å². The molecule has 0 aromatic heterocycles. The predicted octanol–water partition coefficient (Wildman–Crippen LogP) is 0.781. The summed E-state index contributed by atoms with van der Waals surface area (Å²) in [5.41, 5.74) is 0.948. The number of amides is 2. The fourth-order valence-corrected chi connectivity index (χ4v) is 3.10. The zero-order chi connectivity index (χ0) is 18.8. The van der Waals surface area contributed by atoms with Crippen LogP contribution in [-0.2, 0) is 16.0 Å². The first-order valence-corrected chi connectivity index (χ1v) is 9.60. The summed E-state index contributed by atoms with van der Waals surface area (Å²) in [6, 6.07) is 9.08. The van der Waals surface area contributed by atoms with E-state index in [-0.39, 0.29) is 17.7 Å². The van der Waals surface area contributed by atoms with Gasteiger partial charge in [-0.15, -0.1) is 0 Å². The van der Waals surface area contributed by atoms with Crippen molar-refractivity contribution in [2.75, 3.05) is 39.3 Å². The fourth-order valence-electron chi connectivity index (χ4n) is 3.10. The first-order valence-electron chi connectivity index (χ1n) is 9.60.